The van der Waals surface area contributed by atoms with Gasteiger partial charge in [0.05, 0.1) is 12.1 Å². The number of halogens is 1. The van der Waals surface area contributed by atoms with Crippen LogP contribution in [0.5, 0.6) is 0 Å². The summed E-state index contributed by atoms with van der Waals surface area (Å²) in [5.74, 6) is 0.190. The lowest BCUT2D eigenvalue weighted by molar-refractivity contribution is -0.127. The molecule has 0 bridgehead atoms. The number of aromatic nitrogens is 2. The first kappa shape index (κ1) is 18.9. The fourth-order valence-corrected chi connectivity index (χ4v) is 4.00. The largest absolute Gasteiger partial charge is 0.351 e. The molecule has 1 aromatic carbocycles. The number of piperidine rings is 1. The van der Waals surface area contributed by atoms with E-state index in [4.69, 9.17) is 11.6 Å². The van der Waals surface area contributed by atoms with Crippen LogP contribution in [0, 0.1) is 5.92 Å². The maximum absolute atomic E-state index is 12.9. The zero-order valence-corrected chi connectivity index (χ0v) is 16.4. The second-order valence-corrected chi connectivity index (χ2v) is 7.71. The maximum Gasteiger partial charge on any atom is 0.223 e. The predicted molar refractivity (Wildman–Crippen MR) is 104 cm³/mol. The third-order valence-corrected chi connectivity index (χ3v) is 5.80. The van der Waals surface area contributed by atoms with E-state index in [2.05, 4.69) is 29.3 Å². The molecule has 2 aromatic rings. The second kappa shape index (κ2) is 8.23. The fourth-order valence-electron chi connectivity index (χ4n) is 3.75. The first-order valence-corrected chi connectivity index (χ1v) is 9.59. The molecule has 5 nitrogen and oxygen atoms in total. The molecule has 1 aliphatic rings. The molecular weight excluding hydrogens is 348 g/mol. The third kappa shape index (κ3) is 4.10. The lowest BCUT2D eigenvalue weighted by Crippen LogP contribution is -2.47. The number of benzene rings is 1. The number of carbonyl (C=O) groups excluding carboxylic acids is 1. The standard InChI is InChI=1S/C20H27ClN4O/c1-14-13-16(9-12-24(14)3)20(26)23-15(2)19(25-11-6-10-22-25)17-7-4-5-8-18(17)21/h4-8,10-11,14-16,19H,9,12-13H2,1-3H3,(H,23,26)/t14-,15?,16-,19?/m0/s1. The van der Waals surface area contributed by atoms with Crippen LogP contribution in [-0.2, 0) is 4.79 Å². The van der Waals surface area contributed by atoms with Crippen LogP contribution in [0.3, 0.4) is 0 Å². The topological polar surface area (TPSA) is 50.2 Å². The average molecular weight is 375 g/mol. The Morgan fingerprint density at radius 1 is 1.35 bits per heavy atom. The zero-order valence-electron chi connectivity index (χ0n) is 15.6. The van der Waals surface area contributed by atoms with Crippen molar-refractivity contribution < 1.29 is 4.79 Å². The molecule has 1 aromatic heterocycles. The van der Waals surface area contributed by atoms with E-state index in [1.807, 2.05) is 48.1 Å². The molecule has 1 fully saturated rings. The Balaban J connectivity index is 1.77. The van der Waals surface area contributed by atoms with Crippen molar-refractivity contribution in [3.05, 3.63) is 53.3 Å². The summed E-state index contributed by atoms with van der Waals surface area (Å²) < 4.78 is 1.86. The summed E-state index contributed by atoms with van der Waals surface area (Å²) in [5, 5.41) is 8.30. The molecule has 3 rings (SSSR count). The normalized spacial score (nSPS) is 23.4. The maximum atomic E-state index is 12.9. The van der Waals surface area contributed by atoms with Crippen LogP contribution in [0.25, 0.3) is 0 Å². The van der Waals surface area contributed by atoms with Crippen LogP contribution in [0.2, 0.25) is 5.02 Å². The number of hydrogen-bond acceptors (Lipinski definition) is 3. The number of carbonyl (C=O) groups is 1. The van der Waals surface area contributed by atoms with Crippen LogP contribution in [0.4, 0.5) is 0 Å². The van der Waals surface area contributed by atoms with Crippen LogP contribution >= 0.6 is 11.6 Å². The van der Waals surface area contributed by atoms with Gasteiger partial charge in [-0.15, -0.1) is 0 Å². The number of nitrogens with one attached hydrogen (secondary N) is 1. The quantitative estimate of drug-likeness (QED) is 0.873. The summed E-state index contributed by atoms with van der Waals surface area (Å²) in [6.07, 6.45) is 5.46. The summed E-state index contributed by atoms with van der Waals surface area (Å²) in [6.45, 7) is 5.16. The molecule has 0 aliphatic carbocycles. The van der Waals surface area contributed by atoms with Crippen molar-refractivity contribution in [1.82, 2.24) is 20.0 Å². The minimum Gasteiger partial charge on any atom is -0.351 e. The van der Waals surface area contributed by atoms with E-state index < -0.39 is 0 Å². The Labute approximate surface area is 160 Å². The number of nitrogens with zero attached hydrogens (tertiary/aromatic N) is 3. The highest BCUT2D eigenvalue weighted by Gasteiger charge is 2.31. The molecule has 1 saturated heterocycles. The summed E-state index contributed by atoms with van der Waals surface area (Å²) in [4.78, 5) is 15.2. The van der Waals surface area contributed by atoms with Gasteiger partial charge in [-0.05, 0) is 58.0 Å². The van der Waals surface area contributed by atoms with Crippen molar-refractivity contribution in [2.45, 2.75) is 44.8 Å². The predicted octanol–water partition coefficient (Wildman–Crippen LogP) is 3.36. The molecule has 0 spiro atoms. The summed E-state index contributed by atoms with van der Waals surface area (Å²) in [6, 6.07) is 9.79. The minimum absolute atomic E-state index is 0.0631. The molecule has 1 aliphatic heterocycles. The molecular formula is C20H27ClN4O. The Kier molecular flexibility index (Phi) is 5.99. The fraction of sp³-hybridized carbons (Fsp3) is 0.500. The molecule has 1 amide bonds. The lowest BCUT2D eigenvalue weighted by Gasteiger charge is -2.35. The van der Waals surface area contributed by atoms with Gasteiger partial charge in [-0.1, -0.05) is 29.8 Å². The average Bonchev–Trinajstić information content (AvgIpc) is 3.13. The number of amides is 1. The van der Waals surface area contributed by atoms with Crippen LogP contribution < -0.4 is 5.32 Å². The van der Waals surface area contributed by atoms with Gasteiger partial charge in [-0.2, -0.15) is 5.10 Å². The van der Waals surface area contributed by atoms with Gasteiger partial charge < -0.3 is 10.2 Å². The summed E-state index contributed by atoms with van der Waals surface area (Å²) in [5.41, 5.74) is 0.961. The monoisotopic (exact) mass is 374 g/mol. The van der Waals surface area contributed by atoms with E-state index in [1.54, 1.807) is 6.20 Å². The number of rotatable bonds is 5. The van der Waals surface area contributed by atoms with Crippen LogP contribution in [0.15, 0.2) is 42.7 Å². The van der Waals surface area contributed by atoms with E-state index in [-0.39, 0.29) is 23.9 Å². The van der Waals surface area contributed by atoms with E-state index in [0.717, 1.165) is 24.9 Å². The SMILES string of the molecule is CC(NC(=O)[C@H]1CCN(C)[C@@H](C)C1)C(c1ccccc1Cl)n1cccn1. The molecule has 0 radical (unpaired) electrons. The molecule has 6 heteroatoms. The molecule has 2 unspecified atom stereocenters. The molecule has 4 atom stereocenters. The van der Waals surface area contributed by atoms with Crippen molar-refractivity contribution >= 4 is 17.5 Å². The van der Waals surface area contributed by atoms with Crippen molar-refractivity contribution in [1.29, 1.82) is 0 Å². The van der Waals surface area contributed by atoms with Crippen LogP contribution in [0.1, 0.15) is 38.3 Å². The minimum atomic E-state index is -0.147. The zero-order chi connectivity index (χ0) is 18.7. The van der Waals surface area contributed by atoms with E-state index >= 15 is 0 Å². The number of likely N-dealkylation sites (tertiary alicyclic amines) is 1. The van der Waals surface area contributed by atoms with Crippen LogP contribution in [-0.4, -0.2) is 46.3 Å². The second-order valence-electron chi connectivity index (χ2n) is 7.30. The van der Waals surface area contributed by atoms with Crippen molar-refractivity contribution in [3.63, 3.8) is 0 Å². The van der Waals surface area contributed by atoms with E-state index in [0.29, 0.717) is 11.1 Å². The summed E-state index contributed by atoms with van der Waals surface area (Å²) >= 11 is 6.44. The number of hydrogen-bond donors (Lipinski definition) is 1. The first-order valence-electron chi connectivity index (χ1n) is 9.21. The third-order valence-electron chi connectivity index (χ3n) is 5.46. The van der Waals surface area contributed by atoms with Gasteiger partial charge in [-0.3, -0.25) is 9.48 Å². The van der Waals surface area contributed by atoms with Crippen molar-refractivity contribution in [2.24, 2.45) is 5.92 Å². The van der Waals surface area contributed by atoms with Crippen molar-refractivity contribution in [2.75, 3.05) is 13.6 Å². The Morgan fingerprint density at radius 3 is 2.77 bits per heavy atom. The molecule has 1 N–H and O–H groups in total. The van der Waals surface area contributed by atoms with Gasteiger partial charge in [0, 0.05) is 29.4 Å². The van der Waals surface area contributed by atoms with Gasteiger partial charge in [0.15, 0.2) is 0 Å². The molecule has 2 heterocycles. The molecule has 140 valence electrons. The highest BCUT2D eigenvalue weighted by atomic mass is 35.5. The Morgan fingerprint density at radius 2 is 2.12 bits per heavy atom. The van der Waals surface area contributed by atoms with Gasteiger partial charge in [0.2, 0.25) is 5.91 Å². The van der Waals surface area contributed by atoms with Gasteiger partial charge in [0.1, 0.15) is 0 Å². The summed E-state index contributed by atoms with van der Waals surface area (Å²) in [7, 11) is 2.12. The highest BCUT2D eigenvalue weighted by Crippen LogP contribution is 2.29. The van der Waals surface area contributed by atoms with Gasteiger partial charge in [-0.25, -0.2) is 0 Å². The smallest absolute Gasteiger partial charge is 0.223 e. The van der Waals surface area contributed by atoms with Crippen molar-refractivity contribution in [3.8, 4) is 0 Å². The Bertz CT molecular complexity index is 733. The molecule has 0 saturated carbocycles. The van der Waals surface area contributed by atoms with Gasteiger partial charge >= 0.3 is 0 Å². The van der Waals surface area contributed by atoms with E-state index in [1.165, 1.54) is 0 Å². The highest BCUT2D eigenvalue weighted by molar-refractivity contribution is 6.31. The first-order chi connectivity index (χ1) is 12.5. The molecule has 26 heavy (non-hydrogen) atoms. The lowest BCUT2D eigenvalue weighted by atomic mass is 9.90. The van der Waals surface area contributed by atoms with Gasteiger partial charge in [0.25, 0.3) is 0 Å². The van der Waals surface area contributed by atoms with E-state index in [9.17, 15) is 4.79 Å². The Hall–Kier alpha value is -1.85.